The number of aromatic nitrogens is 4. The van der Waals surface area contributed by atoms with Crippen LogP contribution in [0.3, 0.4) is 0 Å². The van der Waals surface area contributed by atoms with Crippen molar-refractivity contribution in [1.82, 2.24) is 20.2 Å². The molecule has 24 heavy (non-hydrogen) atoms. The van der Waals surface area contributed by atoms with E-state index in [0.29, 0.717) is 16.6 Å². The Kier molecular flexibility index (Phi) is 4.76. The molecule has 1 aromatic carbocycles. The third-order valence-corrected chi connectivity index (χ3v) is 3.76. The lowest BCUT2D eigenvalue weighted by Gasteiger charge is -2.06. The number of furan rings is 1. The van der Waals surface area contributed by atoms with E-state index < -0.39 is 0 Å². The molecule has 0 radical (unpaired) electrons. The number of nitrogens with one attached hydrogen (secondary N) is 1. The van der Waals surface area contributed by atoms with Crippen molar-refractivity contribution in [3.8, 4) is 5.69 Å². The monoisotopic (exact) mass is 341 g/mol. The molecule has 7 nitrogen and oxygen atoms in total. The molecule has 8 heteroatoms. The van der Waals surface area contributed by atoms with Crippen molar-refractivity contribution < 1.29 is 9.21 Å². The van der Waals surface area contributed by atoms with E-state index in [2.05, 4.69) is 20.8 Å². The summed E-state index contributed by atoms with van der Waals surface area (Å²) in [5.41, 5.74) is 1.42. The highest BCUT2D eigenvalue weighted by Crippen LogP contribution is 2.18. The van der Waals surface area contributed by atoms with Crippen molar-refractivity contribution in [1.29, 1.82) is 0 Å². The van der Waals surface area contributed by atoms with Gasteiger partial charge in [0.15, 0.2) is 0 Å². The summed E-state index contributed by atoms with van der Waals surface area (Å²) in [6, 6.07) is 11.0. The van der Waals surface area contributed by atoms with Crippen LogP contribution in [0.4, 0.5) is 5.69 Å². The van der Waals surface area contributed by atoms with Crippen LogP contribution >= 0.6 is 11.8 Å². The first-order valence-electron chi connectivity index (χ1n) is 7.14. The van der Waals surface area contributed by atoms with E-state index in [-0.39, 0.29) is 5.91 Å². The van der Waals surface area contributed by atoms with Gasteiger partial charge in [0, 0.05) is 11.8 Å². The van der Waals surface area contributed by atoms with Gasteiger partial charge < -0.3 is 9.73 Å². The number of aryl methyl sites for hydroxylation is 1. The van der Waals surface area contributed by atoms with Gasteiger partial charge in [-0.1, -0.05) is 17.8 Å². The molecule has 1 N–H and O–H groups in total. The molecule has 2 aromatic heterocycles. The summed E-state index contributed by atoms with van der Waals surface area (Å²) in [6.45, 7) is 1.85. The van der Waals surface area contributed by atoms with Crippen LogP contribution in [0.2, 0.25) is 0 Å². The van der Waals surface area contributed by atoms with Crippen LogP contribution in [0.25, 0.3) is 11.8 Å². The lowest BCUT2D eigenvalue weighted by molar-refractivity contribution is -0.111. The van der Waals surface area contributed by atoms with Gasteiger partial charge in [0.1, 0.15) is 11.5 Å². The second kappa shape index (κ2) is 7.14. The molecule has 0 spiro atoms. The summed E-state index contributed by atoms with van der Waals surface area (Å²) in [6.07, 6.45) is 4.95. The SMILES string of the molecule is CSc1nnnn1-c1cccc(NC(=O)/C=C/c2ccc(C)o2)c1. The van der Waals surface area contributed by atoms with Crippen molar-refractivity contribution in [2.75, 3.05) is 11.6 Å². The second-order valence-corrected chi connectivity index (χ2v) is 5.67. The fourth-order valence-electron chi connectivity index (χ4n) is 2.07. The number of tetrazole rings is 1. The van der Waals surface area contributed by atoms with E-state index in [1.807, 2.05) is 31.4 Å². The molecule has 122 valence electrons. The minimum absolute atomic E-state index is 0.247. The Morgan fingerprint density at radius 1 is 1.33 bits per heavy atom. The Morgan fingerprint density at radius 2 is 2.21 bits per heavy atom. The molecule has 0 aliphatic heterocycles. The molecule has 0 atom stereocenters. The van der Waals surface area contributed by atoms with E-state index >= 15 is 0 Å². The Labute approximate surface area is 142 Å². The Hall–Kier alpha value is -2.87. The number of hydrogen-bond donors (Lipinski definition) is 1. The molecule has 0 saturated carbocycles. The standard InChI is InChI=1S/C16H15N5O2S/c1-11-6-7-14(23-11)8-9-15(22)17-12-4-3-5-13(10-12)21-16(24-2)18-19-20-21/h3-10H,1-2H3,(H,17,22)/b9-8+. The van der Waals surface area contributed by atoms with Crippen LogP contribution in [0.5, 0.6) is 0 Å². The van der Waals surface area contributed by atoms with Crippen LogP contribution in [0.1, 0.15) is 11.5 Å². The van der Waals surface area contributed by atoms with Crippen molar-refractivity contribution in [3.05, 3.63) is 54.0 Å². The zero-order chi connectivity index (χ0) is 16.9. The Balaban J connectivity index is 1.72. The van der Waals surface area contributed by atoms with Crippen molar-refractivity contribution in [3.63, 3.8) is 0 Å². The van der Waals surface area contributed by atoms with Gasteiger partial charge in [0.25, 0.3) is 0 Å². The maximum absolute atomic E-state index is 12.0. The smallest absolute Gasteiger partial charge is 0.248 e. The number of carbonyl (C=O) groups is 1. The maximum Gasteiger partial charge on any atom is 0.248 e. The number of anilines is 1. The molecule has 2 heterocycles. The summed E-state index contributed by atoms with van der Waals surface area (Å²) in [4.78, 5) is 12.0. The fourth-order valence-corrected chi connectivity index (χ4v) is 2.50. The van der Waals surface area contributed by atoms with Gasteiger partial charge in [-0.05, 0) is 60.0 Å². The average Bonchev–Trinajstić information content (AvgIpc) is 3.21. The first-order chi connectivity index (χ1) is 11.7. The van der Waals surface area contributed by atoms with E-state index in [4.69, 9.17) is 4.42 Å². The van der Waals surface area contributed by atoms with Gasteiger partial charge in [0.05, 0.1) is 5.69 Å². The number of thioether (sulfide) groups is 1. The second-order valence-electron chi connectivity index (χ2n) is 4.90. The summed E-state index contributed by atoms with van der Waals surface area (Å²) >= 11 is 1.44. The maximum atomic E-state index is 12.0. The van der Waals surface area contributed by atoms with E-state index in [1.165, 1.54) is 17.8 Å². The molecular formula is C16H15N5O2S. The lowest BCUT2D eigenvalue weighted by atomic mass is 10.2. The predicted octanol–water partition coefficient (Wildman–Crippen LogP) is 2.94. The number of benzene rings is 1. The topological polar surface area (TPSA) is 85.8 Å². The fraction of sp³-hybridized carbons (Fsp3) is 0.125. The third-order valence-electron chi connectivity index (χ3n) is 3.14. The highest BCUT2D eigenvalue weighted by molar-refractivity contribution is 7.98. The summed E-state index contributed by atoms with van der Waals surface area (Å²) in [5, 5.41) is 15.0. The summed E-state index contributed by atoms with van der Waals surface area (Å²) in [5.74, 6) is 1.19. The molecule has 3 aromatic rings. The normalized spacial score (nSPS) is 11.1. The van der Waals surface area contributed by atoms with Crippen LogP contribution in [-0.4, -0.2) is 32.4 Å². The average molecular weight is 341 g/mol. The molecule has 0 fully saturated rings. The number of rotatable bonds is 5. The highest BCUT2D eigenvalue weighted by Gasteiger charge is 2.08. The Morgan fingerprint density at radius 3 is 2.96 bits per heavy atom. The Bertz CT molecular complexity index is 884. The molecular weight excluding hydrogens is 326 g/mol. The third kappa shape index (κ3) is 3.72. The zero-order valence-corrected chi connectivity index (χ0v) is 13.9. The van der Waals surface area contributed by atoms with Gasteiger partial charge in [-0.2, -0.15) is 4.68 Å². The molecule has 0 aliphatic rings. The lowest BCUT2D eigenvalue weighted by Crippen LogP contribution is -2.08. The van der Waals surface area contributed by atoms with Crippen molar-refractivity contribution in [2.45, 2.75) is 12.1 Å². The number of carbonyl (C=O) groups excluding carboxylic acids is 1. The highest BCUT2D eigenvalue weighted by atomic mass is 32.2. The van der Waals surface area contributed by atoms with Crippen LogP contribution in [0, 0.1) is 6.92 Å². The largest absolute Gasteiger partial charge is 0.462 e. The minimum Gasteiger partial charge on any atom is -0.462 e. The number of amides is 1. The summed E-state index contributed by atoms with van der Waals surface area (Å²) in [7, 11) is 0. The van der Waals surface area contributed by atoms with Crippen LogP contribution in [0.15, 0.2) is 52.0 Å². The molecule has 3 rings (SSSR count). The summed E-state index contributed by atoms with van der Waals surface area (Å²) < 4.78 is 7.00. The first kappa shape index (κ1) is 16.0. The van der Waals surface area contributed by atoms with E-state index in [0.717, 1.165) is 11.4 Å². The quantitative estimate of drug-likeness (QED) is 0.567. The first-order valence-corrected chi connectivity index (χ1v) is 8.36. The van der Waals surface area contributed by atoms with Crippen LogP contribution < -0.4 is 5.32 Å². The van der Waals surface area contributed by atoms with E-state index in [9.17, 15) is 4.79 Å². The van der Waals surface area contributed by atoms with Gasteiger partial charge >= 0.3 is 0 Å². The van der Waals surface area contributed by atoms with Gasteiger partial charge in [0.2, 0.25) is 11.1 Å². The van der Waals surface area contributed by atoms with Gasteiger partial charge in [-0.25, -0.2) is 0 Å². The van der Waals surface area contributed by atoms with Crippen LogP contribution in [-0.2, 0) is 4.79 Å². The van der Waals surface area contributed by atoms with Crippen molar-refractivity contribution in [2.24, 2.45) is 0 Å². The van der Waals surface area contributed by atoms with E-state index in [1.54, 1.807) is 29.0 Å². The number of nitrogens with zero attached hydrogens (tertiary/aromatic N) is 4. The minimum atomic E-state index is -0.247. The molecule has 0 unspecified atom stereocenters. The predicted molar refractivity (Wildman–Crippen MR) is 92.0 cm³/mol. The van der Waals surface area contributed by atoms with Gasteiger partial charge in [-0.3, -0.25) is 4.79 Å². The molecule has 0 bridgehead atoms. The van der Waals surface area contributed by atoms with Crippen molar-refractivity contribution >= 4 is 29.4 Å². The van der Waals surface area contributed by atoms with Gasteiger partial charge in [-0.15, -0.1) is 5.10 Å². The molecule has 1 amide bonds. The zero-order valence-electron chi connectivity index (χ0n) is 13.1. The number of hydrogen-bond acceptors (Lipinski definition) is 6. The molecule has 0 aliphatic carbocycles. The molecule has 0 saturated heterocycles.